The first-order valence-electron chi connectivity index (χ1n) is 5.69. The molecular formula is C13H15N3. The van der Waals surface area contributed by atoms with Gasteiger partial charge in [-0.25, -0.2) is 0 Å². The minimum atomic E-state index is 0.576. The largest absolute Gasteiger partial charge is 0.309 e. The van der Waals surface area contributed by atoms with Crippen molar-refractivity contribution in [1.29, 1.82) is 0 Å². The monoisotopic (exact) mass is 213 g/mol. The topological polar surface area (TPSA) is 40.7 Å². The zero-order valence-electron chi connectivity index (χ0n) is 9.11. The van der Waals surface area contributed by atoms with E-state index < -0.39 is 0 Å². The summed E-state index contributed by atoms with van der Waals surface area (Å²) < 4.78 is 0. The van der Waals surface area contributed by atoms with Gasteiger partial charge in [0.1, 0.15) is 0 Å². The van der Waals surface area contributed by atoms with Crippen molar-refractivity contribution >= 4 is 0 Å². The Bertz CT molecular complexity index is 437. The molecule has 82 valence electrons. The van der Waals surface area contributed by atoms with Gasteiger partial charge in [0, 0.05) is 24.3 Å². The van der Waals surface area contributed by atoms with Crippen molar-refractivity contribution in [2.75, 3.05) is 0 Å². The van der Waals surface area contributed by atoms with Crippen LogP contribution < -0.4 is 5.32 Å². The number of nitrogens with zero attached hydrogens (tertiary/aromatic N) is 1. The summed E-state index contributed by atoms with van der Waals surface area (Å²) in [5.41, 5.74) is 4.20. The van der Waals surface area contributed by atoms with Gasteiger partial charge in [-0.2, -0.15) is 5.10 Å². The fraction of sp³-hybridized carbons (Fsp3) is 0.308. The summed E-state index contributed by atoms with van der Waals surface area (Å²) in [4.78, 5) is 0. The minimum Gasteiger partial charge on any atom is -0.309 e. The minimum absolute atomic E-state index is 0.576. The van der Waals surface area contributed by atoms with Crippen LogP contribution in [0.1, 0.15) is 16.7 Å². The van der Waals surface area contributed by atoms with Crippen LogP contribution in [0.3, 0.4) is 0 Å². The maximum Gasteiger partial charge on any atom is 0.0532 e. The van der Waals surface area contributed by atoms with E-state index in [1.54, 1.807) is 0 Å². The second kappa shape index (κ2) is 4.10. The normalized spacial score (nSPS) is 15.2. The lowest BCUT2D eigenvalue weighted by atomic mass is 10.1. The van der Waals surface area contributed by atoms with Crippen LogP contribution >= 0.6 is 0 Å². The molecular weight excluding hydrogens is 198 g/mol. The lowest BCUT2D eigenvalue weighted by Crippen LogP contribution is -2.28. The van der Waals surface area contributed by atoms with Crippen LogP contribution in [0.25, 0.3) is 0 Å². The second-order valence-corrected chi connectivity index (χ2v) is 4.36. The molecule has 1 aliphatic carbocycles. The number of benzene rings is 1. The first-order chi connectivity index (χ1) is 7.92. The molecule has 2 aromatic rings. The van der Waals surface area contributed by atoms with Gasteiger partial charge in [0.25, 0.3) is 0 Å². The Labute approximate surface area is 94.9 Å². The highest BCUT2D eigenvalue weighted by Gasteiger charge is 2.19. The smallest absolute Gasteiger partial charge is 0.0532 e. The van der Waals surface area contributed by atoms with E-state index in [0.29, 0.717) is 6.04 Å². The molecule has 0 radical (unpaired) electrons. The number of H-pyrrole nitrogens is 1. The van der Waals surface area contributed by atoms with Gasteiger partial charge in [0.15, 0.2) is 0 Å². The van der Waals surface area contributed by atoms with Crippen molar-refractivity contribution in [2.24, 2.45) is 0 Å². The average molecular weight is 213 g/mol. The summed E-state index contributed by atoms with van der Waals surface area (Å²) in [5.74, 6) is 0. The van der Waals surface area contributed by atoms with Crippen molar-refractivity contribution in [2.45, 2.75) is 25.4 Å². The molecule has 0 amide bonds. The zero-order chi connectivity index (χ0) is 10.8. The molecule has 2 N–H and O–H groups in total. The van der Waals surface area contributed by atoms with E-state index in [-0.39, 0.29) is 0 Å². The summed E-state index contributed by atoms with van der Waals surface area (Å²) in [6, 6.07) is 9.28. The third kappa shape index (κ3) is 1.86. The Morgan fingerprint density at radius 2 is 2.00 bits per heavy atom. The Morgan fingerprint density at radius 1 is 1.25 bits per heavy atom. The van der Waals surface area contributed by atoms with Gasteiger partial charge in [0.2, 0.25) is 0 Å². The van der Waals surface area contributed by atoms with Crippen LogP contribution in [0.15, 0.2) is 36.7 Å². The molecule has 1 aromatic carbocycles. The Kier molecular flexibility index (Phi) is 2.46. The number of hydrogen-bond acceptors (Lipinski definition) is 2. The maximum atomic E-state index is 3.94. The molecule has 3 nitrogen and oxygen atoms in total. The molecule has 3 rings (SSSR count). The first-order valence-corrected chi connectivity index (χ1v) is 5.69. The molecule has 16 heavy (non-hydrogen) atoms. The summed E-state index contributed by atoms with van der Waals surface area (Å²) >= 11 is 0. The molecule has 0 bridgehead atoms. The molecule has 0 fully saturated rings. The Hall–Kier alpha value is -1.61. The Morgan fingerprint density at radius 3 is 2.62 bits per heavy atom. The average Bonchev–Trinajstić information content (AvgIpc) is 2.95. The SMILES string of the molecule is c1ccc2c(c1)CC(NCc1cn[nH]c1)C2. The Balaban J connectivity index is 1.60. The molecule has 0 atom stereocenters. The summed E-state index contributed by atoms with van der Waals surface area (Å²) in [7, 11) is 0. The highest BCUT2D eigenvalue weighted by atomic mass is 15.1. The van der Waals surface area contributed by atoms with Crippen molar-refractivity contribution in [3.63, 3.8) is 0 Å². The van der Waals surface area contributed by atoms with E-state index in [2.05, 4.69) is 39.8 Å². The zero-order valence-corrected chi connectivity index (χ0v) is 9.11. The maximum absolute atomic E-state index is 3.94. The van der Waals surface area contributed by atoms with E-state index in [0.717, 1.165) is 19.4 Å². The van der Waals surface area contributed by atoms with Crippen molar-refractivity contribution in [3.05, 3.63) is 53.3 Å². The number of aromatic nitrogens is 2. The van der Waals surface area contributed by atoms with Gasteiger partial charge in [-0.15, -0.1) is 0 Å². The lowest BCUT2D eigenvalue weighted by Gasteiger charge is -2.10. The van der Waals surface area contributed by atoms with Crippen LogP contribution in [-0.4, -0.2) is 16.2 Å². The number of aromatic amines is 1. The predicted molar refractivity (Wildman–Crippen MR) is 63.1 cm³/mol. The van der Waals surface area contributed by atoms with Crippen LogP contribution in [0.5, 0.6) is 0 Å². The van der Waals surface area contributed by atoms with E-state index in [4.69, 9.17) is 0 Å². The van der Waals surface area contributed by atoms with E-state index in [1.807, 2.05) is 12.4 Å². The molecule has 0 saturated heterocycles. The molecule has 1 heterocycles. The number of hydrogen-bond donors (Lipinski definition) is 2. The van der Waals surface area contributed by atoms with Crippen molar-refractivity contribution < 1.29 is 0 Å². The number of fused-ring (bicyclic) bond motifs is 1. The molecule has 0 aliphatic heterocycles. The fourth-order valence-electron chi connectivity index (χ4n) is 2.34. The van der Waals surface area contributed by atoms with Crippen LogP contribution in [-0.2, 0) is 19.4 Å². The number of nitrogens with one attached hydrogen (secondary N) is 2. The molecule has 3 heteroatoms. The first kappa shape index (κ1) is 9.60. The molecule has 0 saturated carbocycles. The van der Waals surface area contributed by atoms with Gasteiger partial charge < -0.3 is 5.32 Å². The molecule has 1 aliphatic rings. The lowest BCUT2D eigenvalue weighted by molar-refractivity contribution is 0.533. The predicted octanol–water partition coefficient (Wildman–Crippen LogP) is 1.67. The highest BCUT2D eigenvalue weighted by Crippen LogP contribution is 2.21. The highest BCUT2D eigenvalue weighted by molar-refractivity contribution is 5.33. The third-order valence-electron chi connectivity index (χ3n) is 3.20. The summed E-state index contributed by atoms with van der Waals surface area (Å²) in [6.07, 6.45) is 6.10. The van der Waals surface area contributed by atoms with Gasteiger partial charge >= 0.3 is 0 Å². The molecule has 1 aromatic heterocycles. The molecule has 0 spiro atoms. The standard InChI is InChI=1S/C13H15N3/c1-2-4-12-6-13(5-11(12)3-1)14-7-10-8-15-16-9-10/h1-4,8-9,13-14H,5-7H2,(H,15,16). The summed E-state index contributed by atoms with van der Waals surface area (Å²) in [6.45, 7) is 0.898. The second-order valence-electron chi connectivity index (χ2n) is 4.36. The van der Waals surface area contributed by atoms with E-state index in [1.165, 1.54) is 16.7 Å². The third-order valence-corrected chi connectivity index (χ3v) is 3.20. The van der Waals surface area contributed by atoms with Crippen molar-refractivity contribution in [3.8, 4) is 0 Å². The van der Waals surface area contributed by atoms with Crippen LogP contribution in [0.2, 0.25) is 0 Å². The summed E-state index contributed by atoms with van der Waals surface area (Å²) in [5, 5.41) is 10.3. The van der Waals surface area contributed by atoms with E-state index in [9.17, 15) is 0 Å². The van der Waals surface area contributed by atoms with Gasteiger partial charge in [-0.05, 0) is 24.0 Å². The number of rotatable bonds is 3. The fourth-order valence-corrected chi connectivity index (χ4v) is 2.34. The van der Waals surface area contributed by atoms with Gasteiger partial charge in [-0.1, -0.05) is 24.3 Å². The van der Waals surface area contributed by atoms with E-state index >= 15 is 0 Å². The van der Waals surface area contributed by atoms with Crippen LogP contribution in [0.4, 0.5) is 0 Å². The van der Waals surface area contributed by atoms with Crippen molar-refractivity contribution in [1.82, 2.24) is 15.5 Å². The quantitative estimate of drug-likeness (QED) is 0.814. The van der Waals surface area contributed by atoms with Crippen LogP contribution in [0, 0.1) is 0 Å². The molecule has 0 unspecified atom stereocenters. The van der Waals surface area contributed by atoms with Gasteiger partial charge in [-0.3, -0.25) is 5.10 Å². The van der Waals surface area contributed by atoms with Gasteiger partial charge in [0.05, 0.1) is 6.20 Å².